The number of carbonyl (C=O) groups is 1. The molecule has 0 saturated carbocycles. The lowest BCUT2D eigenvalue weighted by Crippen LogP contribution is -2.39. The van der Waals surface area contributed by atoms with Crippen LogP contribution < -0.4 is 0 Å². The summed E-state index contributed by atoms with van der Waals surface area (Å²) in [6.07, 6.45) is -0.479. The molecule has 1 aliphatic rings. The van der Waals surface area contributed by atoms with Gasteiger partial charge in [0.1, 0.15) is 6.29 Å². The van der Waals surface area contributed by atoms with Crippen molar-refractivity contribution in [2.75, 3.05) is 19.6 Å². The van der Waals surface area contributed by atoms with Gasteiger partial charge < -0.3 is 15.0 Å². The standard InChI is InChI=1S/C14H19NO3/c1-14(10-16,11-5-3-2-4-6-11)9-15-7-12(17)13(18)8-15/h2-6,10,12-13,17-18H,7-9H2,1H3. The second-order valence-corrected chi connectivity index (χ2v) is 5.23. The van der Waals surface area contributed by atoms with Crippen molar-refractivity contribution in [1.82, 2.24) is 4.90 Å². The average molecular weight is 249 g/mol. The zero-order valence-electron chi connectivity index (χ0n) is 10.5. The maximum Gasteiger partial charge on any atom is 0.131 e. The first-order valence-electron chi connectivity index (χ1n) is 6.15. The Labute approximate surface area is 107 Å². The predicted molar refractivity (Wildman–Crippen MR) is 68.3 cm³/mol. The van der Waals surface area contributed by atoms with Gasteiger partial charge in [0.2, 0.25) is 0 Å². The van der Waals surface area contributed by atoms with Gasteiger partial charge in [-0.25, -0.2) is 0 Å². The summed E-state index contributed by atoms with van der Waals surface area (Å²) >= 11 is 0. The van der Waals surface area contributed by atoms with Crippen LogP contribution >= 0.6 is 0 Å². The molecule has 2 N–H and O–H groups in total. The van der Waals surface area contributed by atoms with Crippen LogP contribution in [0.2, 0.25) is 0 Å². The van der Waals surface area contributed by atoms with E-state index in [9.17, 15) is 15.0 Å². The van der Waals surface area contributed by atoms with Gasteiger partial charge in [0.15, 0.2) is 0 Å². The fraction of sp³-hybridized carbons (Fsp3) is 0.500. The fourth-order valence-electron chi connectivity index (χ4n) is 2.46. The molecule has 3 unspecified atom stereocenters. The van der Waals surface area contributed by atoms with Crippen molar-refractivity contribution in [2.24, 2.45) is 0 Å². The number of aliphatic hydroxyl groups excluding tert-OH is 2. The van der Waals surface area contributed by atoms with Crippen LogP contribution in [-0.4, -0.2) is 53.2 Å². The Kier molecular flexibility index (Phi) is 3.80. The zero-order chi connectivity index (χ0) is 13.2. The Morgan fingerprint density at radius 3 is 2.33 bits per heavy atom. The Morgan fingerprint density at radius 1 is 1.28 bits per heavy atom. The topological polar surface area (TPSA) is 60.8 Å². The normalized spacial score (nSPS) is 27.9. The predicted octanol–water partition coefficient (Wildman–Crippen LogP) is 0.181. The lowest BCUT2D eigenvalue weighted by Gasteiger charge is -2.29. The molecule has 0 bridgehead atoms. The second-order valence-electron chi connectivity index (χ2n) is 5.23. The molecule has 18 heavy (non-hydrogen) atoms. The third-order valence-electron chi connectivity index (χ3n) is 3.58. The highest BCUT2D eigenvalue weighted by atomic mass is 16.3. The number of aldehydes is 1. The van der Waals surface area contributed by atoms with Gasteiger partial charge in [-0.15, -0.1) is 0 Å². The van der Waals surface area contributed by atoms with Crippen molar-refractivity contribution in [3.63, 3.8) is 0 Å². The minimum atomic E-state index is -0.711. The molecule has 4 heteroatoms. The number of aliphatic hydroxyl groups is 2. The van der Waals surface area contributed by atoms with Gasteiger partial charge in [-0.2, -0.15) is 0 Å². The van der Waals surface area contributed by atoms with Crippen molar-refractivity contribution >= 4 is 6.29 Å². The third kappa shape index (κ3) is 2.61. The van der Waals surface area contributed by atoms with Crippen molar-refractivity contribution in [2.45, 2.75) is 24.5 Å². The first-order valence-corrected chi connectivity index (χ1v) is 6.15. The first kappa shape index (κ1) is 13.2. The summed E-state index contributed by atoms with van der Waals surface area (Å²) in [6, 6.07) is 9.59. The van der Waals surface area contributed by atoms with E-state index in [4.69, 9.17) is 0 Å². The van der Waals surface area contributed by atoms with Crippen molar-refractivity contribution in [1.29, 1.82) is 0 Å². The minimum absolute atomic E-state index is 0.414. The van der Waals surface area contributed by atoms with Crippen molar-refractivity contribution < 1.29 is 15.0 Å². The molecule has 1 heterocycles. The quantitative estimate of drug-likeness (QED) is 0.747. The SMILES string of the molecule is CC(C=O)(CN1CC(O)C(O)C1)c1ccccc1. The molecule has 98 valence electrons. The van der Waals surface area contributed by atoms with E-state index in [1.807, 2.05) is 42.2 Å². The molecule has 0 radical (unpaired) electrons. The van der Waals surface area contributed by atoms with Gasteiger partial charge in [-0.05, 0) is 12.5 Å². The fourth-order valence-corrected chi connectivity index (χ4v) is 2.46. The van der Waals surface area contributed by atoms with Crippen LogP contribution in [0.15, 0.2) is 30.3 Å². The Balaban J connectivity index is 2.12. The molecule has 0 aliphatic carbocycles. The number of carbonyl (C=O) groups excluding carboxylic acids is 1. The van der Waals surface area contributed by atoms with E-state index in [1.165, 1.54) is 0 Å². The molecular formula is C14H19NO3. The molecule has 0 spiro atoms. The van der Waals surface area contributed by atoms with Gasteiger partial charge in [-0.1, -0.05) is 30.3 Å². The number of benzene rings is 1. The van der Waals surface area contributed by atoms with E-state index in [-0.39, 0.29) is 0 Å². The molecular weight excluding hydrogens is 230 g/mol. The number of likely N-dealkylation sites (tertiary alicyclic amines) is 1. The molecule has 1 saturated heterocycles. The molecule has 1 aromatic carbocycles. The van der Waals surface area contributed by atoms with Crippen LogP contribution in [0, 0.1) is 0 Å². The van der Waals surface area contributed by atoms with Gasteiger partial charge in [0, 0.05) is 19.6 Å². The van der Waals surface area contributed by atoms with Gasteiger partial charge in [0.05, 0.1) is 17.6 Å². The number of hydrogen-bond donors (Lipinski definition) is 2. The minimum Gasteiger partial charge on any atom is -0.389 e. The van der Waals surface area contributed by atoms with E-state index < -0.39 is 17.6 Å². The molecule has 3 atom stereocenters. The highest BCUT2D eigenvalue weighted by molar-refractivity contribution is 5.68. The summed E-state index contributed by atoms with van der Waals surface area (Å²) in [5.74, 6) is 0. The summed E-state index contributed by atoms with van der Waals surface area (Å²) < 4.78 is 0. The summed E-state index contributed by atoms with van der Waals surface area (Å²) in [6.45, 7) is 3.22. The van der Waals surface area contributed by atoms with Crippen LogP contribution in [0.5, 0.6) is 0 Å². The Morgan fingerprint density at radius 2 is 1.83 bits per heavy atom. The summed E-state index contributed by atoms with van der Waals surface area (Å²) in [5.41, 5.74) is 0.348. The summed E-state index contributed by atoms with van der Waals surface area (Å²) in [5, 5.41) is 19.1. The largest absolute Gasteiger partial charge is 0.389 e. The number of nitrogens with zero attached hydrogens (tertiary/aromatic N) is 1. The van der Waals surface area contributed by atoms with Crippen LogP contribution in [0.3, 0.4) is 0 Å². The van der Waals surface area contributed by atoms with Crippen LogP contribution in [0.25, 0.3) is 0 Å². The molecule has 1 fully saturated rings. The molecule has 1 aromatic rings. The number of β-amino-alcohol motifs (C(OH)–C–C–N with tert-alkyl or cyclic N) is 2. The van der Waals surface area contributed by atoms with Crippen molar-refractivity contribution in [3.8, 4) is 0 Å². The maximum atomic E-state index is 11.4. The van der Waals surface area contributed by atoms with E-state index in [0.717, 1.165) is 11.8 Å². The highest BCUT2D eigenvalue weighted by Gasteiger charge is 2.35. The van der Waals surface area contributed by atoms with E-state index >= 15 is 0 Å². The maximum absolute atomic E-state index is 11.4. The van der Waals surface area contributed by atoms with Crippen molar-refractivity contribution in [3.05, 3.63) is 35.9 Å². The van der Waals surface area contributed by atoms with Crippen LogP contribution in [0.4, 0.5) is 0 Å². The monoisotopic (exact) mass is 249 g/mol. The van der Waals surface area contributed by atoms with Gasteiger partial charge in [-0.3, -0.25) is 4.90 Å². The van der Waals surface area contributed by atoms with E-state index in [2.05, 4.69) is 0 Å². The van der Waals surface area contributed by atoms with E-state index in [0.29, 0.717) is 19.6 Å². The average Bonchev–Trinajstić information content (AvgIpc) is 2.69. The lowest BCUT2D eigenvalue weighted by atomic mass is 9.83. The molecule has 1 aliphatic heterocycles. The Hall–Kier alpha value is -1.23. The highest BCUT2D eigenvalue weighted by Crippen LogP contribution is 2.24. The van der Waals surface area contributed by atoms with Gasteiger partial charge in [0.25, 0.3) is 0 Å². The van der Waals surface area contributed by atoms with Gasteiger partial charge >= 0.3 is 0 Å². The third-order valence-corrected chi connectivity index (χ3v) is 3.58. The summed E-state index contributed by atoms with van der Waals surface area (Å²) in [7, 11) is 0. The number of rotatable bonds is 4. The smallest absolute Gasteiger partial charge is 0.131 e. The number of hydrogen-bond acceptors (Lipinski definition) is 4. The molecule has 2 rings (SSSR count). The summed E-state index contributed by atoms with van der Waals surface area (Å²) in [4.78, 5) is 13.4. The Bertz CT molecular complexity index is 399. The van der Waals surface area contributed by atoms with Crippen LogP contribution in [-0.2, 0) is 10.2 Å². The second kappa shape index (κ2) is 5.18. The molecule has 0 amide bonds. The zero-order valence-corrected chi connectivity index (χ0v) is 10.5. The first-order chi connectivity index (χ1) is 8.55. The van der Waals surface area contributed by atoms with Crippen LogP contribution in [0.1, 0.15) is 12.5 Å². The van der Waals surface area contributed by atoms with E-state index in [1.54, 1.807) is 0 Å². The molecule has 0 aromatic heterocycles. The lowest BCUT2D eigenvalue weighted by molar-refractivity contribution is -0.112. The molecule has 4 nitrogen and oxygen atoms in total.